The van der Waals surface area contributed by atoms with E-state index in [1.807, 2.05) is 24.0 Å². The quantitative estimate of drug-likeness (QED) is 0.734. The van der Waals surface area contributed by atoms with Gasteiger partial charge in [-0.2, -0.15) is 10.1 Å². The van der Waals surface area contributed by atoms with E-state index in [0.717, 1.165) is 36.3 Å². The first-order valence-corrected chi connectivity index (χ1v) is 9.06. The van der Waals surface area contributed by atoms with Gasteiger partial charge in [0.2, 0.25) is 5.91 Å². The zero-order valence-corrected chi connectivity index (χ0v) is 15.2. The maximum Gasteiger partial charge on any atom is 0.298 e. The molecular formula is C18H20ClN5O2. The van der Waals surface area contributed by atoms with Gasteiger partial charge in [0.25, 0.3) is 6.01 Å². The van der Waals surface area contributed by atoms with E-state index in [1.165, 1.54) is 0 Å². The SMILES string of the molecule is Cc1cc(CNC(=O)C2CCCN(c3nc4cc(Cl)ccc4o3)C2)n[nH]1. The minimum Gasteiger partial charge on any atom is -0.423 e. The van der Waals surface area contributed by atoms with Crippen LogP contribution in [0.2, 0.25) is 5.02 Å². The predicted molar refractivity (Wildman–Crippen MR) is 99.1 cm³/mol. The molecule has 0 bridgehead atoms. The van der Waals surface area contributed by atoms with Crippen molar-refractivity contribution in [3.05, 3.63) is 40.7 Å². The van der Waals surface area contributed by atoms with Crippen LogP contribution < -0.4 is 10.2 Å². The van der Waals surface area contributed by atoms with Gasteiger partial charge in [0.05, 0.1) is 18.2 Å². The third-order valence-electron chi connectivity index (χ3n) is 4.60. The fraction of sp³-hybridized carbons (Fsp3) is 0.389. The van der Waals surface area contributed by atoms with Crippen molar-refractivity contribution in [2.75, 3.05) is 18.0 Å². The van der Waals surface area contributed by atoms with Crippen molar-refractivity contribution >= 4 is 34.6 Å². The maximum atomic E-state index is 12.5. The highest BCUT2D eigenvalue weighted by atomic mass is 35.5. The Morgan fingerprint density at radius 2 is 2.35 bits per heavy atom. The Kier molecular flexibility index (Phi) is 4.55. The molecule has 1 aliphatic heterocycles. The standard InChI is InChI=1S/C18H20ClN5O2/c1-11-7-14(23-22-11)9-20-17(25)12-3-2-6-24(10-12)18-21-15-8-13(19)4-5-16(15)26-18/h4-5,7-8,12H,2-3,6,9-10H2,1H3,(H,20,25)(H,22,23). The van der Waals surface area contributed by atoms with Crippen LogP contribution in [0.5, 0.6) is 0 Å². The number of hydrogen-bond acceptors (Lipinski definition) is 5. The third-order valence-corrected chi connectivity index (χ3v) is 4.84. The molecule has 4 rings (SSSR count). The van der Waals surface area contributed by atoms with Crippen LogP contribution in [-0.2, 0) is 11.3 Å². The molecule has 2 N–H and O–H groups in total. The summed E-state index contributed by atoms with van der Waals surface area (Å²) in [6.07, 6.45) is 1.77. The van der Waals surface area contributed by atoms with Crippen LogP contribution in [0.3, 0.4) is 0 Å². The molecule has 7 nitrogen and oxygen atoms in total. The number of aryl methyl sites for hydroxylation is 1. The number of hydrogen-bond donors (Lipinski definition) is 2. The van der Waals surface area contributed by atoms with E-state index in [0.29, 0.717) is 29.7 Å². The van der Waals surface area contributed by atoms with Crippen molar-refractivity contribution in [1.82, 2.24) is 20.5 Å². The lowest BCUT2D eigenvalue weighted by molar-refractivity contribution is -0.125. The summed E-state index contributed by atoms with van der Waals surface area (Å²) in [5.41, 5.74) is 3.24. The van der Waals surface area contributed by atoms with Crippen molar-refractivity contribution < 1.29 is 9.21 Å². The van der Waals surface area contributed by atoms with Crippen molar-refractivity contribution in [3.63, 3.8) is 0 Å². The summed E-state index contributed by atoms with van der Waals surface area (Å²) in [7, 11) is 0. The Hall–Kier alpha value is -2.54. The van der Waals surface area contributed by atoms with Gasteiger partial charge in [0, 0.05) is 23.8 Å². The first kappa shape index (κ1) is 16.9. The summed E-state index contributed by atoms with van der Waals surface area (Å²) in [5, 5.41) is 10.6. The average Bonchev–Trinajstić information content (AvgIpc) is 3.25. The maximum absolute atomic E-state index is 12.5. The first-order chi connectivity index (χ1) is 12.6. The van der Waals surface area contributed by atoms with Gasteiger partial charge in [-0.05, 0) is 44.0 Å². The van der Waals surface area contributed by atoms with E-state index < -0.39 is 0 Å². The number of carbonyl (C=O) groups excluding carboxylic acids is 1. The highest BCUT2D eigenvalue weighted by Crippen LogP contribution is 2.28. The molecule has 1 aromatic carbocycles. The number of halogens is 1. The zero-order chi connectivity index (χ0) is 18.1. The fourth-order valence-electron chi connectivity index (χ4n) is 3.28. The second-order valence-electron chi connectivity index (χ2n) is 6.65. The molecule has 0 saturated carbocycles. The minimum absolute atomic E-state index is 0.0366. The van der Waals surface area contributed by atoms with E-state index in [4.69, 9.17) is 16.0 Å². The monoisotopic (exact) mass is 373 g/mol. The zero-order valence-electron chi connectivity index (χ0n) is 14.5. The number of nitrogens with one attached hydrogen (secondary N) is 2. The van der Waals surface area contributed by atoms with Crippen molar-refractivity contribution in [2.24, 2.45) is 5.92 Å². The number of oxazole rings is 1. The fourth-order valence-corrected chi connectivity index (χ4v) is 3.44. The molecule has 1 atom stereocenters. The molecule has 0 aliphatic carbocycles. The number of carbonyl (C=O) groups is 1. The molecule has 136 valence electrons. The Labute approximate surface area is 155 Å². The van der Waals surface area contributed by atoms with Gasteiger partial charge in [0.15, 0.2) is 5.58 Å². The Bertz CT molecular complexity index is 935. The summed E-state index contributed by atoms with van der Waals surface area (Å²) in [5.74, 6) is -0.0584. The summed E-state index contributed by atoms with van der Waals surface area (Å²) in [6.45, 7) is 3.78. The summed E-state index contributed by atoms with van der Waals surface area (Å²) < 4.78 is 5.83. The Morgan fingerprint density at radius 3 is 3.15 bits per heavy atom. The highest BCUT2D eigenvalue weighted by Gasteiger charge is 2.28. The molecule has 8 heteroatoms. The molecule has 3 heterocycles. The lowest BCUT2D eigenvalue weighted by Gasteiger charge is -2.30. The summed E-state index contributed by atoms with van der Waals surface area (Å²) >= 11 is 6.01. The first-order valence-electron chi connectivity index (χ1n) is 8.68. The molecule has 1 amide bonds. The van der Waals surface area contributed by atoms with Gasteiger partial charge in [-0.15, -0.1) is 0 Å². The number of fused-ring (bicyclic) bond motifs is 1. The van der Waals surface area contributed by atoms with Gasteiger partial charge < -0.3 is 14.6 Å². The molecule has 0 spiro atoms. The number of aromatic nitrogens is 3. The van der Waals surface area contributed by atoms with Crippen molar-refractivity contribution in [3.8, 4) is 0 Å². The third kappa shape index (κ3) is 3.53. The number of anilines is 1. The topological polar surface area (TPSA) is 87.1 Å². The van der Waals surface area contributed by atoms with Crippen LogP contribution in [-0.4, -0.2) is 34.2 Å². The molecule has 3 aromatic rings. The second-order valence-corrected chi connectivity index (χ2v) is 7.09. The number of amides is 1. The smallest absolute Gasteiger partial charge is 0.298 e. The van der Waals surface area contributed by atoms with Gasteiger partial charge in [-0.25, -0.2) is 0 Å². The van der Waals surface area contributed by atoms with Gasteiger partial charge in [-0.3, -0.25) is 9.89 Å². The van der Waals surface area contributed by atoms with Crippen LogP contribution in [0.25, 0.3) is 11.1 Å². The predicted octanol–water partition coefficient (Wildman–Crippen LogP) is 3.05. The number of H-pyrrole nitrogens is 1. The summed E-state index contributed by atoms with van der Waals surface area (Å²) in [4.78, 5) is 19.1. The number of nitrogens with zero attached hydrogens (tertiary/aromatic N) is 3. The lowest BCUT2D eigenvalue weighted by Crippen LogP contribution is -2.43. The van der Waals surface area contributed by atoms with E-state index in [2.05, 4.69) is 20.5 Å². The van der Waals surface area contributed by atoms with Crippen LogP contribution in [0, 0.1) is 12.8 Å². The molecule has 1 saturated heterocycles. The number of rotatable bonds is 4. The van der Waals surface area contributed by atoms with E-state index in [-0.39, 0.29) is 11.8 Å². The van der Waals surface area contributed by atoms with E-state index >= 15 is 0 Å². The van der Waals surface area contributed by atoms with Gasteiger partial charge in [0.1, 0.15) is 5.52 Å². The normalized spacial score (nSPS) is 17.6. The van der Waals surface area contributed by atoms with Crippen LogP contribution in [0.4, 0.5) is 6.01 Å². The molecule has 1 fully saturated rings. The van der Waals surface area contributed by atoms with Crippen molar-refractivity contribution in [2.45, 2.75) is 26.3 Å². The van der Waals surface area contributed by atoms with Crippen LogP contribution in [0.15, 0.2) is 28.7 Å². The molecule has 2 aromatic heterocycles. The molecular weight excluding hydrogens is 354 g/mol. The molecule has 1 unspecified atom stereocenters. The highest BCUT2D eigenvalue weighted by molar-refractivity contribution is 6.31. The lowest BCUT2D eigenvalue weighted by atomic mass is 9.97. The van der Waals surface area contributed by atoms with Gasteiger partial charge in [-0.1, -0.05) is 11.6 Å². The Balaban J connectivity index is 1.41. The summed E-state index contributed by atoms with van der Waals surface area (Å²) in [6, 6.07) is 7.85. The largest absolute Gasteiger partial charge is 0.423 e. The van der Waals surface area contributed by atoms with Crippen molar-refractivity contribution in [1.29, 1.82) is 0 Å². The molecule has 1 aliphatic rings. The molecule has 0 radical (unpaired) electrons. The average molecular weight is 374 g/mol. The number of benzene rings is 1. The second kappa shape index (κ2) is 6.99. The molecule has 26 heavy (non-hydrogen) atoms. The number of aromatic amines is 1. The Morgan fingerprint density at radius 1 is 1.46 bits per heavy atom. The van der Waals surface area contributed by atoms with E-state index in [9.17, 15) is 4.79 Å². The minimum atomic E-state index is -0.0950. The number of piperidine rings is 1. The van der Waals surface area contributed by atoms with E-state index in [1.54, 1.807) is 12.1 Å². The van der Waals surface area contributed by atoms with Gasteiger partial charge >= 0.3 is 0 Å². The van der Waals surface area contributed by atoms with Crippen LogP contribution in [0.1, 0.15) is 24.2 Å². The van der Waals surface area contributed by atoms with Crippen LogP contribution >= 0.6 is 11.6 Å².